The quantitative estimate of drug-likeness (QED) is 0.255. The molecule has 3 saturated carbocycles. The first-order chi connectivity index (χ1) is 18.5. The zero-order chi connectivity index (χ0) is 28.0. The van der Waals surface area contributed by atoms with Crippen LogP contribution in [0.5, 0.6) is 0 Å². The molecule has 1 heterocycles. The van der Waals surface area contributed by atoms with Crippen LogP contribution < -0.4 is 5.32 Å². The van der Waals surface area contributed by atoms with Crippen LogP contribution >= 0.6 is 0 Å². The maximum atomic E-state index is 13.5. The Balaban J connectivity index is 1.28. The lowest BCUT2D eigenvalue weighted by atomic mass is 9.73. The molecule has 0 aromatic heterocycles. The molecule has 3 aliphatic carbocycles. The molecule has 4 rings (SSSR count). The van der Waals surface area contributed by atoms with E-state index < -0.39 is 36.5 Å². The van der Waals surface area contributed by atoms with Crippen molar-refractivity contribution < 1.29 is 31.1 Å². The summed E-state index contributed by atoms with van der Waals surface area (Å²) in [6.45, 7) is 3.98. The molecule has 0 aromatic carbocycles. The van der Waals surface area contributed by atoms with Gasteiger partial charge in [-0.2, -0.15) is 26.3 Å². The molecule has 1 amide bonds. The van der Waals surface area contributed by atoms with Gasteiger partial charge in [0.1, 0.15) is 0 Å². The zero-order valence-corrected chi connectivity index (χ0v) is 23.2. The van der Waals surface area contributed by atoms with E-state index in [1.165, 1.54) is 38.5 Å². The molecule has 1 N–H and O–H groups in total. The Labute approximate surface area is 229 Å². The number of amides is 1. The number of piperazine rings is 1. The summed E-state index contributed by atoms with van der Waals surface area (Å²) < 4.78 is 79.9. The predicted molar refractivity (Wildman–Crippen MR) is 139 cm³/mol. The molecule has 0 aromatic rings. The molecule has 3 unspecified atom stereocenters. The van der Waals surface area contributed by atoms with Gasteiger partial charge >= 0.3 is 12.4 Å². The molecule has 1 saturated heterocycles. The Bertz CT molecular complexity index is 733. The van der Waals surface area contributed by atoms with Crippen LogP contribution in [-0.4, -0.2) is 72.9 Å². The topological polar surface area (TPSA) is 35.6 Å². The van der Waals surface area contributed by atoms with Gasteiger partial charge in [0, 0.05) is 38.8 Å². The second-order valence-electron chi connectivity index (χ2n) is 12.7. The van der Waals surface area contributed by atoms with Crippen molar-refractivity contribution in [2.45, 2.75) is 121 Å². The number of nitrogens with zero attached hydrogens (tertiary/aromatic N) is 2. The lowest BCUT2D eigenvalue weighted by molar-refractivity contribution is -0.228. The molecule has 0 bridgehead atoms. The molecule has 39 heavy (non-hydrogen) atoms. The Morgan fingerprint density at radius 1 is 0.744 bits per heavy atom. The van der Waals surface area contributed by atoms with Crippen LogP contribution in [0.2, 0.25) is 0 Å². The minimum Gasteiger partial charge on any atom is -0.355 e. The van der Waals surface area contributed by atoms with Crippen LogP contribution in [0.25, 0.3) is 0 Å². The lowest BCUT2D eigenvalue weighted by Crippen LogP contribution is -2.59. The number of nitrogens with one attached hydrogen (secondary N) is 1. The Morgan fingerprint density at radius 3 is 1.82 bits per heavy atom. The van der Waals surface area contributed by atoms with Crippen LogP contribution in [0, 0.1) is 23.7 Å². The molecule has 10 heteroatoms. The van der Waals surface area contributed by atoms with Gasteiger partial charge in [-0.05, 0) is 69.6 Å². The second kappa shape index (κ2) is 13.8. The SMILES string of the molecule is O=C(NCCCC1CC(C(F)(F)F)CC(C(F)(F)F)C1)C(C1CCCCC1)N1CCN(C2CCCCC2)CC1. The minimum atomic E-state index is -4.61. The number of carbonyl (C=O) groups excluding carboxylic acids is 1. The highest BCUT2D eigenvalue weighted by molar-refractivity contribution is 5.82. The Hall–Kier alpha value is -1.03. The molecule has 3 atom stereocenters. The van der Waals surface area contributed by atoms with Gasteiger partial charge in [0.05, 0.1) is 17.9 Å². The standard InChI is InChI=1S/C29H47F6N3O/c30-28(31,32)23-18-21(19-24(20-23)29(33,34)35)8-7-13-36-27(39)26(22-9-3-1-4-10-22)38-16-14-37(15-17-38)25-11-5-2-6-12-25/h21-26H,1-20H2,(H,36,39). The number of rotatable bonds is 8. The van der Waals surface area contributed by atoms with E-state index in [9.17, 15) is 31.1 Å². The summed E-state index contributed by atoms with van der Waals surface area (Å²) in [4.78, 5) is 18.4. The van der Waals surface area contributed by atoms with Crippen molar-refractivity contribution in [2.24, 2.45) is 23.7 Å². The van der Waals surface area contributed by atoms with Crippen LogP contribution in [0.4, 0.5) is 26.3 Å². The van der Waals surface area contributed by atoms with E-state index >= 15 is 0 Å². The monoisotopic (exact) mass is 567 g/mol. The summed E-state index contributed by atoms with van der Waals surface area (Å²) >= 11 is 0. The highest BCUT2D eigenvalue weighted by Gasteiger charge is 2.51. The van der Waals surface area contributed by atoms with Gasteiger partial charge in [0.2, 0.25) is 5.91 Å². The molecule has 226 valence electrons. The largest absolute Gasteiger partial charge is 0.391 e. The third-order valence-corrected chi connectivity index (χ3v) is 10.0. The van der Waals surface area contributed by atoms with Crippen molar-refractivity contribution in [3.05, 3.63) is 0 Å². The van der Waals surface area contributed by atoms with Gasteiger partial charge in [-0.3, -0.25) is 14.6 Å². The van der Waals surface area contributed by atoms with Gasteiger partial charge in [-0.15, -0.1) is 0 Å². The van der Waals surface area contributed by atoms with Crippen molar-refractivity contribution >= 4 is 5.91 Å². The third-order valence-electron chi connectivity index (χ3n) is 10.0. The number of alkyl halides is 6. The van der Waals surface area contributed by atoms with Crippen molar-refractivity contribution in [1.82, 2.24) is 15.1 Å². The van der Waals surface area contributed by atoms with Gasteiger partial charge in [0.25, 0.3) is 0 Å². The fourth-order valence-electron chi connectivity index (χ4n) is 7.87. The fourth-order valence-corrected chi connectivity index (χ4v) is 7.87. The van der Waals surface area contributed by atoms with E-state index in [0.29, 0.717) is 24.9 Å². The second-order valence-corrected chi connectivity index (χ2v) is 12.7. The van der Waals surface area contributed by atoms with E-state index in [2.05, 4.69) is 15.1 Å². The Kier molecular flexibility index (Phi) is 10.9. The van der Waals surface area contributed by atoms with Crippen molar-refractivity contribution in [2.75, 3.05) is 32.7 Å². The smallest absolute Gasteiger partial charge is 0.355 e. The lowest BCUT2D eigenvalue weighted by Gasteiger charge is -2.45. The summed E-state index contributed by atoms with van der Waals surface area (Å²) in [5.74, 6) is -4.15. The highest BCUT2D eigenvalue weighted by Crippen LogP contribution is 2.48. The summed E-state index contributed by atoms with van der Waals surface area (Å²) in [6, 6.07) is 0.467. The van der Waals surface area contributed by atoms with Gasteiger partial charge in [-0.1, -0.05) is 38.5 Å². The summed E-state index contributed by atoms with van der Waals surface area (Å²) in [7, 11) is 0. The number of hydrogen-bond donors (Lipinski definition) is 1. The molecule has 0 spiro atoms. The average Bonchev–Trinajstić information content (AvgIpc) is 2.92. The highest BCUT2D eigenvalue weighted by atomic mass is 19.4. The first-order valence-corrected chi connectivity index (χ1v) is 15.4. The van der Waals surface area contributed by atoms with E-state index in [1.807, 2.05) is 0 Å². The molecule has 4 fully saturated rings. The maximum Gasteiger partial charge on any atom is 0.391 e. The summed E-state index contributed by atoms with van der Waals surface area (Å²) in [5.41, 5.74) is 0. The summed E-state index contributed by atoms with van der Waals surface area (Å²) in [6.07, 6.45) is 2.05. The first-order valence-electron chi connectivity index (χ1n) is 15.4. The average molecular weight is 568 g/mol. The Morgan fingerprint density at radius 2 is 1.28 bits per heavy atom. The van der Waals surface area contributed by atoms with E-state index in [0.717, 1.165) is 51.9 Å². The molecule has 4 nitrogen and oxygen atoms in total. The molecule has 1 aliphatic heterocycles. The van der Waals surface area contributed by atoms with Gasteiger partial charge in [0.15, 0.2) is 0 Å². The van der Waals surface area contributed by atoms with Crippen LogP contribution in [0.15, 0.2) is 0 Å². The van der Waals surface area contributed by atoms with Crippen LogP contribution in [0.3, 0.4) is 0 Å². The van der Waals surface area contributed by atoms with Crippen molar-refractivity contribution in [3.63, 3.8) is 0 Å². The molecular weight excluding hydrogens is 520 g/mol. The van der Waals surface area contributed by atoms with Crippen molar-refractivity contribution in [3.8, 4) is 0 Å². The molecular formula is C29H47F6N3O. The summed E-state index contributed by atoms with van der Waals surface area (Å²) in [5, 5.41) is 3.04. The van der Waals surface area contributed by atoms with Gasteiger partial charge < -0.3 is 5.32 Å². The van der Waals surface area contributed by atoms with E-state index in [-0.39, 0.29) is 31.2 Å². The third kappa shape index (κ3) is 8.73. The fraction of sp³-hybridized carbons (Fsp3) is 0.966. The van der Waals surface area contributed by atoms with Crippen LogP contribution in [0.1, 0.15) is 96.3 Å². The normalized spacial score (nSPS) is 30.3. The van der Waals surface area contributed by atoms with E-state index in [4.69, 9.17) is 0 Å². The van der Waals surface area contributed by atoms with Crippen LogP contribution in [-0.2, 0) is 4.79 Å². The molecule has 0 radical (unpaired) electrons. The van der Waals surface area contributed by atoms with Crippen molar-refractivity contribution in [1.29, 1.82) is 0 Å². The molecule has 4 aliphatic rings. The zero-order valence-electron chi connectivity index (χ0n) is 23.2. The van der Waals surface area contributed by atoms with Gasteiger partial charge in [-0.25, -0.2) is 0 Å². The number of halogens is 6. The minimum absolute atomic E-state index is 0.0157. The predicted octanol–water partition coefficient (Wildman–Crippen LogP) is 6.94. The number of carbonyl (C=O) groups is 1. The number of hydrogen-bond acceptors (Lipinski definition) is 3. The first kappa shape index (κ1) is 30.9. The van der Waals surface area contributed by atoms with E-state index in [1.54, 1.807) is 0 Å². The maximum absolute atomic E-state index is 13.5.